The molecule has 16 heavy (non-hydrogen) atoms. The second-order valence-electron chi connectivity index (χ2n) is 2.85. The monoisotopic (exact) mass is 223 g/mol. The van der Waals surface area contributed by atoms with Crippen LogP contribution in [0.3, 0.4) is 0 Å². The Bertz CT molecular complexity index is 412. The van der Waals surface area contributed by atoms with Crippen LogP contribution in [0.2, 0.25) is 0 Å². The predicted octanol–water partition coefficient (Wildman–Crippen LogP) is 1.49. The molecule has 0 aromatic heterocycles. The van der Waals surface area contributed by atoms with Crippen LogP contribution in [-0.4, -0.2) is 19.0 Å². The summed E-state index contributed by atoms with van der Waals surface area (Å²) in [6.07, 6.45) is 2.04. The molecule has 1 aromatic rings. The second-order valence-corrected chi connectivity index (χ2v) is 2.85. The van der Waals surface area contributed by atoms with E-state index in [2.05, 4.69) is 10.1 Å². The van der Waals surface area contributed by atoms with Gasteiger partial charge in [-0.25, -0.2) is 9.18 Å². The maximum atomic E-state index is 12.5. The maximum absolute atomic E-state index is 12.5. The summed E-state index contributed by atoms with van der Waals surface area (Å²) in [7, 11) is 1.21. The summed E-state index contributed by atoms with van der Waals surface area (Å²) in [6, 6.07) is 5.28. The van der Waals surface area contributed by atoms with Crippen LogP contribution in [0.5, 0.6) is 0 Å². The summed E-state index contributed by atoms with van der Waals surface area (Å²) in [5.41, 5.74) is 0.445. The van der Waals surface area contributed by atoms with Crippen LogP contribution in [0, 0.1) is 5.82 Å². The molecule has 1 aromatic carbocycles. The second kappa shape index (κ2) is 5.65. The van der Waals surface area contributed by atoms with Crippen molar-refractivity contribution in [1.29, 1.82) is 0 Å². The molecule has 1 N–H and O–H groups in total. The molecule has 0 heterocycles. The van der Waals surface area contributed by atoms with Gasteiger partial charge in [-0.1, -0.05) is 0 Å². The Kier molecular flexibility index (Phi) is 4.20. The van der Waals surface area contributed by atoms with Crippen molar-refractivity contribution >= 4 is 17.6 Å². The van der Waals surface area contributed by atoms with Gasteiger partial charge in [-0.2, -0.15) is 0 Å². The van der Waals surface area contributed by atoms with E-state index < -0.39 is 11.9 Å². The van der Waals surface area contributed by atoms with Gasteiger partial charge in [0.1, 0.15) is 5.82 Å². The number of benzene rings is 1. The summed E-state index contributed by atoms with van der Waals surface area (Å²) < 4.78 is 16.8. The number of carbonyl (C=O) groups excluding carboxylic acids is 2. The van der Waals surface area contributed by atoms with Crippen molar-refractivity contribution in [1.82, 2.24) is 0 Å². The molecule has 1 amide bonds. The minimum absolute atomic E-state index is 0.386. The lowest BCUT2D eigenvalue weighted by molar-refractivity contribution is -0.135. The molecule has 0 saturated heterocycles. The number of carbonyl (C=O) groups is 2. The molecule has 0 saturated carbocycles. The number of rotatable bonds is 3. The Morgan fingerprint density at radius 1 is 1.25 bits per heavy atom. The highest BCUT2D eigenvalue weighted by molar-refractivity contribution is 6.02. The van der Waals surface area contributed by atoms with Crippen molar-refractivity contribution < 1.29 is 18.7 Å². The largest absolute Gasteiger partial charge is 0.466 e. The number of ether oxygens (including phenoxy) is 1. The predicted molar refractivity (Wildman–Crippen MR) is 56.2 cm³/mol. The third-order valence-corrected chi connectivity index (χ3v) is 1.68. The van der Waals surface area contributed by atoms with Gasteiger partial charge in [0.05, 0.1) is 7.11 Å². The zero-order chi connectivity index (χ0) is 12.0. The van der Waals surface area contributed by atoms with Crippen LogP contribution in [0.15, 0.2) is 36.4 Å². The number of nitrogens with one attached hydrogen (secondary N) is 1. The summed E-state index contributed by atoms with van der Waals surface area (Å²) >= 11 is 0. The van der Waals surface area contributed by atoms with Gasteiger partial charge in [-0.15, -0.1) is 0 Å². The average Bonchev–Trinajstić information content (AvgIpc) is 2.29. The standard InChI is InChI=1S/C11H10FNO3/c1-16-11(15)7-6-10(14)13-9-4-2-8(12)3-5-9/h2-7H,1H3,(H,13,14). The maximum Gasteiger partial charge on any atom is 0.330 e. The molecule has 0 fully saturated rings. The molecule has 0 spiro atoms. The zero-order valence-electron chi connectivity index (χ0n) is 8.57. The van der Waals surface area contributed by atoms with Crippen molar-refractivity contribution in [2.75, 3.05) is 12.4 Å². The van der Waals surface area contributed by atoms with E-state index in [4.69, 9.17) is 0 Å². The molecule has 84 valence electrons. The van der Waals surface area contributed by atoms with Crippen LogP contribution in [0.4, 0.5) is 10.1 Å². The Morgan fingerprint density at radius 3 is 2.44 bits per heavy atom. The SMILES string of the molecule is COC(=O)C=CC(=O)Nc1ccc(F)cc1. The number of hydrogen-bond acceptors (Lipinski definition) is 3. The lowest BCUT2D eigenvalue weighted by atomic mass is 10.3. The van der Waals surface area contributed by atoms with Crippen LogP contribution in [0.25, 0.3) is 0 Å². The Labute approximate surface area is 91.7 Å². The molecular formula is C11H10FNO3. The smallest absolute Gasteiger partial charge is 0.330 e. The first-order valence-corrected chi connectivity index (χ1v) is 4.44. The minimum Gasteiger partial charge on any atom is -0.466 e. The normalized spacial score (nSPS) is 10.1. The van der Waals surface area contributed by atoms with E-state index in [1.165, 1.54) is 31.4 Å². The first kappa shape index (κ1) is 11.9. The molecule has 0 bridgehead atoms. The van der Waals surface area contributed by atoms with E-state index in [1.807, 2.05) is 0 Å². The van der Waals surface area contributed by atoms with Crippen molar-refractivity contribution in [3.8, 4) is 0 Å². The van der Waals surface area contributed by atoms with Gasteiger partial charge >= 0.3 is 5.97 Å². The third kappa shape index (κ3) is 3.91. The number of halogens is 1. The van der Waals surface area contributed by atoms with E-state index in [0.29, 0.717) is 5.69 Å². The molecule has 0 aliphatic rings. The van der Waals surface area contributed by atoms with E-state index >= 15 is 0 Å². The van der Waals surface area contributed by atoms with Gasteiger partial charge in [0.25, 0.3) is 0 Å². The van der Waals surface area contributed by atoms with Gasteiger partial charge in [0.2, 0.25) is 5.91 Å². The van der Waals surface area contributed by atoms with Crippen LogP contribution in [0.1, 0.15) is 0 Å². The fourth-order valence-electron chi connectivity index (χ4n) is 0.929. The van der Waals surface area contributed by atoms with Gasteiger partial charge in [-0.3, -0.25) is 4.79 Å². The molecule has 0 aliphatic carbocycles. The van der Waals surface area contributed by atoms with E-state index in [1.54, 1.807) is 0 Å². The number of anilines is 1. The lowest BCUT2D eigenvalue weighted by Gasteiger charge is -2.00. The highest BCUT2D eigenvalue weighted by Crippen LogP contribution is 2.07. The minimum atomic E-state index is -0.616. The fraction of sp³-hybridized carbons (Fsp3) is 0.0909. The highest BCUT2D eigenvalue weighted by Gasteiger charge is 1.99. The van der Waals surface area contributed by atoms with Crippen molar-refractivity contribution in [3.05, 3.63) is 42.2 Å². The molecule has 5 heteroatoms. The Balaban J connectivity index is 2.55. The van der Waals surface area contributed by atoms with Crippen molar-refractivity contribution in [2.24, 2.45) is 0 Å². The number of hydrogen-bond donors (Lipinski definition) is 1. The third-order valence-electron chi connectivity index (χ3n) is 1.68. The molecule has 0 unspecified atom stereocenters. The van der Waals surface area contributed by atoms with E-state index in [9.17, 15) is 14.0 Å². The first-order valence-electron chi connectivity index (χ1n) is 4.44. The van der Waals surface area contributed by atoms with Gasteiger partial charge in [0.15, 0.2) is 0 Å². The molecular weight excluding hydrogens is 213 g/mol. The molecule has 0 atom stereocenters. The fourth-order valence-corrected chi connectivity index (χ4v) is 0.929. The Morgan fingerprint density at radius 2 is 1.88 bits per heavy atom. The van der Waals surface area contributed by atoms with E-state index in [0.717, 1.165) is 12.2 Å². The molecule has 0 aliphatic heterocycles. The highest BCUT2D eigenvalue weighted by atomic mass is 19.1. The average molecular weight is 223 g/mol. The number of esters is 1. The number of methoxy groups -OCH3 is 1. The van der Waals surface area contributed by atoms with E-state index in [-0.39, 0.29) is 5.82 Å². The zero-order valence-corrected chi connectivity index (χ0v) is 8.57. The number of amides is 1. The quantitative estimate of drug-likeness (QED) is 0.624. The van der Waals surface area contributed by atoms with Crippen LogP contribution in [-0.2, 0) is 14.3 Å². The summed E-state index contributed by atoms with van der Waals surface area (Å²) in [6.45, 7) is 0. The molecule has 1 rings (SSSR count). The van der Waals surface area contributed by atoms with Gasteiger partial charge in [0, 0.05) is 17.8 Å². The van der Waals surface area contributed by atoms with Gasteiger partial charge in [-0.05, 0) is 24.3 Å². The van der Waals surface area contributed by atoms with Crippen molar-refractivity contribution in [3.63, 3.8) is 0 Å². The summed E-state index contributed by atoms with van der Waals surface area (Å²) in [5, 5.41) is 2.45. The molecule has 4 nitrogen and oxygen atoms in total. The molecule has 0 radical (unpaired) electrons. The Hall–Kier alpha value is -2.17. The van der Waals surface area contributed by atoms with Gasteiger partial charge < -0.3 is 10.1 Å². The van der Waals surface area contributed by atoms with Crippen LogP contribution >= 0.6 is 0 Å². The van der Waals surface area contributed by atoms with Crippen LogP contribution < -0.4 is 5.32 Å². The topological polar surface area (TPSA) is 55.4 Å². The summed E-state index contributed by atoms with van der Waals surface area (Å²) in [5.74, 6) is -1.49. The van der Waals surface area contributed by atoms with Crippen molar-refractivity contribution in [2.45, 2.75) is 0 Å². The summed E-state index contributed by atoms with van der Waals surface area (Å²) in [4.78, 5) is 21.9. The lowest BCUT2D eigenvalue weighted by Crippen LogP contribution is -2.08. The first-order chi connectivity index (χ1) is 7.61.